The van der Waals surface area contributed by atoms with Gasteiger partial charge < -0.3 is 4.74 Å². The van der Waals surface area contributed by atoms with Crippen molar-refractivity contribution in [1.82, 2.24) is 0 Å². The van der Waals surface area contributed by atoms with Gasteiger partial charge in [0.25, 0.3) is 0 Å². The fourth-order valence-corrected chi connectivity index (χ4v) is 11.7. The number of hydrogen-bond donors (Lipinski definition) is 0. The Bertz CT molecular complexity index is 667. The van der Waals surface area contributed by atoms with Crippen LogP contribution in [0.15, 0.2) is 11.6 Å². The summed E-state index contributed by atoms with van der Waals surface area (Å²) in [5, 5.41) is 0. The van der Waals surface area contributed by atoms with Crippen LogP contribution in [0.5, 0.6) is 0 Å². The van der Waals surface area contributed by atoms with E-state index in [0.717, 1.165) is 30.6 Å². The molecule has 1 saturated heterocycles. The van der Waals surface area contributed by atoms with Gasteiger partial charge in [-0.15, -0.1) is 23.5 Å². The molecule has 0 N–H and O–H groups in total. The number of ether oxygens (including phenoxy) is 1. The lowest BCUT2D eigenvalue weighted by atomic mass is 9.48. The number of rotatable bonds is 1. The van der Waals surface area contributed by atoms with Crippen molar-refractivity contribution in [3.8, 4) is 0 Å². The van der Waals surface area contributed by atoms with E-state index in [2.05, 4.69) is 43.4 Å². The smallest absolute Gasteiger partial charge is 0.302 e. The first kappa shape index (κ1) is 18.9. The molecule has 4 heteroatoms. The average Bonchev–Trinajstić information content (AvgIpc) is 3.21. The third kappa shape index (κ3) is 2.64. The molecule has 0 radical (unpaired) electrons. The predicted octanol–water partition coefficient (Wildman–Crippen LogP) is 6.06. The fraction of sp³-hybridized carbons (Fsp3) is 0.870. The number of fused-ring (bicyclic) bond motifs is 6. The van der Waals surface area contributed by atoms with E-state index < -0.39 is 0 Å². The Hall–Kier alpha value is -0.0900. The summed E-state index contributed by atoms with van der Waals surface area (Å²) < 4.78 is 6.11. The summed E-state index contributed by atoms with van der Waals surface area (Å²) in [4.78, 5) is 11.4. The van der Waals surface area contributed by atoms with Crippen molar-refractivity contribution >= 4 is 29.5 Å². The van der Waals surface area contributed by atoms with Crippen molar-refractivity contribution in [2.75, 3.05) is 11.5 Å². The monoisotopic (exact) mass is 406 g/mol. The van der Waals surface area contributed by atoms with Crippen LogP contribution in [0.25, 0.3) is 0 Å². The van der Waals surface area contributed by atoms with Crippen molar-refractivity contribution in [2.45, 2.75) is 82.3 Å². The highest BCUT2D eigenvalue weighted by molar-refractivity contribution is 8.21. The van der Waals surface area contributed by atoms with Gasteiger partial charge in [-0.05, 0) is 73.5 Å². The highest BCUT2D eigenvalue weighted by Gasteiger charge is 2.65. The number of esters is 1. The molecule has 0 aromatic heterocycles. The molecule has 4 aliphatic carbocycles. The van der Waals surface area contributed by atoms with Crippen LogP contribution in [0.1, 0.15) is 72.1 Å². The van der Waals surface area contributed by atoms with Gasteiger partial charge in [0, 0.05) is 24.9 Å². The summed E-state index contributed by atoms with van der Waals surface area (Å²) in [5.41, 5.74) is 2.51. The highest BCUT2D eigenvalue weighted by atomic mass is 32.2. The second-order valence-corrected chi connectivity index (χ2v) is 13.2. The van der Waals surface area contributed by atoms with Crippen molar-refractivity contribution in [3.63, 3.8) is 0 Å². The van der Waals surface area contributed by atoms with Gasteiger partial charge in [-0.2, -0.15) is 0 Å². The summed E-state index contributed by atoms with van der Waals surface area (Å²) in [5.74, 6) is 5.24. The number of hydrogen-bond acceptors (Lipinski definition) is 4. The minimum atomic E-state index is -0.117. The SMILES string of the molecule is CC(=O)O[C@H]1CC[C@@]2(C)C(=CC[C@@H]3[C@H]2CC[C@@]2(C)[C@H]3CCC23SCCS3)C1. The third-order valence-electron chi connectivity index (χ3n) is 9.19. The highest BCUT2D eigenvalue weighted by Crippen LogP contribution is 2.73. The van der Waals surface area contributed by atoms with Crippen molar-refractivity contribution in [3.05, 3.63) is 11.6 Å². The zero-order valence-electron chi connectivity index (χ0n) is 17.1. The van der Waals surface area contributed by atoms with Gasteiger partial charge in [0.15, 0.2) is 0 Å². The van der Waals surface area contributed by atoms with Crippen LogP contribution >= 0.6 is 23.5 Å². The van der Waals surface area contributed by atoms with Gasteiger partial charge in [0.1, 0.15) is 6.10 Å². The summed E-state index contributed by atoms with van der Waals surface area (Å²) in [7, 11) is 0. The molecule has 1 heterocycles. The van der Waals surface area contributed by atoms with Crippen LogP contribution in [-0.2, 0) is 9.53 Å². The molecule has 3 saturated carbocycles. The van der Waals surface area contributed by atoms with Crippen LogP contribution < -0.4 is 0 Å². The Balaban J connectivity index is 1.41. The summed E-state index contributed by atoms with van der Waals surface area (Å²) in [6.07, 6.45) is 12.9. The molecule has 0 amide bonds. The van der Waals surface area contributed by atoms with Crippen LogP contribution in [0.4, 0.5) is 0 Å². The lowest BCUT2D eigenvalue weighted by molar-refractivity contribution is -0.148. The van der Waals surface area contributed by atoms with Gasteiger partial charge in [0.05, 0.1) is 4.08 Å². The van der Waals surface area contributed by atoms with Crippen molar-refractivity contribution in [2.24, 2.45) is 28.6 Å². The molecule has 1 spiro atoms. The Morgan fingerprint density at radius 1 is 1.07 bits per heavy atom. The molecule has 5 rings (SSSR count). The molecule has 4 fully saturated rings. The number of thioether (sulfide) groups is 2. The number of carbonyl (C=O) groups is 1. The molecular formula is C23H34O2S2. The Morgan fingerprint density at radius 2 is 1.81 bits per heavy atom. The largest absolute Gasteiger partial charge is 0.462 e. The lowest BCUT2D eigenvalue weighted by Crippen LogP contribution is -2.52. The van der Waals surface area contributed by atoms with E-state index in [1.54, 1.807) is 12.5 Å². The van der Waals surface area contributed by atoms with E-state index in [9.17, 15) is 4.79 Å². The maximum atomic E-state index is 11.4. The molecule has 150 valence electrons. The number of allylic oxidation sites excluding steroid dienone is 1. The van der Waals surface area contributed by atoms with Gasteiger partial charge in [-0.25, -0.2) is 0 Å². The Kier molecular flexibility index (Phi) is 4.52. The summed E-state index contributed by atoms with van der Waals surface area (Å²) >= 11 is 4.61. The van der Waals surface area contributed by atoms with Crippen LogP contribution in [0, 0.1) is 28.6 Å². The van der Waals surface area contributed by atoms with E-state index in [4.69, 9.17) is 4.74 Å². The van der Waals surface area contributed by atoms with E-state index in [-0.39, 0.29) is 12.1 Å². The zero-order valence-corrected chi connectivity index (χ0v) is 18.7. The molecule has 5 aliphatic rings. The first-order valence-electron chi connectivity index (χ1n) is 11.0. The van der Waals surface area contributed by atoms with Crippen LogP contribution in [0.3, 0.4) is 0 Å². The Morgan fingerprint density at radius 3 is 2.56 bits per heavy atom. The standard InChI is InChI=1S/C23H34O2S2/c1-15(24)25-17-6-9-21(2)16(14-17)4-5-18-19(21)7-10-22(3)20(18)8-11-23(22)26-12-13-27-23/h4,17-20H,5-14H2,1-3H3/t17-,18+,19+,20-,21-,22-/m0/s1. The van der Waals surface area contributed by atoms with Crippen LogP contribution in [0.2, 0.25) is 0 Å². The van der Waals surface area contributed by atoms with Gasteiger partial charge >= 0.3 is 5.97 Å². The first-order chi connectivity index (χ1) is 12.9. The lowest BCUT2D eigenvalue weighted by Gasteiger charge is -2.59. The average molecular weight is 407 g/mol. The minimum Gasteiger partial charge on any atom is -0.462 e. The summed E-state index contributed by atoms with van der Waals surface area (Å²) in [6, 6.07) is 0. The summed E-state index contributed by atoms with van der Waals surface area (Å²) in [6.45, 7) is 6.76. The van der Waals surface area contributed by atoms with Gasteiger partial charge in [-0.3, -0.25) is 4.79 Å². The van der Waals surface area contributed by atoms with E-state index in [0.29, 0.717) is 14.9 Å². The second kappa shape index (κ2) is 6.45. The molecule has 1 aliphatic heterocycles. The zero-order chi connectivity index (χ0) is 18.9. The van der Waals surface area contributed by atoms with E-state index >= 15 is 0 Å². The quantitative estimate of drug-likeness (QED) is 0.391. The first-order valence-corrected chi connectivity index (χ1v) is 13.0. The topological polar surface area (TPSA) is 26.3 Å². The molecule has 27 heavy (non-hydrogen) atoms. The molecule has 0 unspecified atom stereocenters. The van der Waals surface area contributed by atoms with Crippen molar-refractivity contribution < 1.29 is 9.53 Å². The van der Waals surface area contributed by atoms with Gasteiger partial charge in [0.2, 0.25) is 0 Å². The maximum Gasteiger partial charge on any atom is 0.302 e. The van der Waals surface area contributed by atoms with Crippen LogP contribution in [-0.4, -0.2) is 27.7 Å². The van der Waals surface area contributed by atoms with E-state index in [1.807, 2.05) is 0 Å². The molecule has 0 bridgehead atoms. The maximum absolute atomic E-state index is 11.4. The molecule has 2 nitrogen and oxygen atoms in total. The fourth-order valence-electron chi connectivity index (χ4n) is 7.85. The predicted molar refractivity (Wildman–Crippen MR) is 115 cm³/mol. The number of carbonyl (C=O) groups excluding carboxylic acids is 1. The Labute approximate surface area is 173 Å². The molecular weight excluding hydrogens is 372 g/mol. The minimum absolute atomic E-state index is 0.117. The third-order valence-corrected chi connectivity index (χ3v) is 13.2. The second-order valence-electron chi connectivity index (χ2n) is 10.2. The normalized spacial score (nSPS) is 47.7. The van der Waals surface area contributed by atoms with Gasteiger partial charge in [-0.1, -0.05) is 25.5 Å². The molecule has 6 atom stereocenters. The van der Waals surface area contributed by atoms with Crippen molar-refractivity contribution in [1.29, 1.82) is 0 Å². The molecule has 0 aromatic carbocycles. The molecule has 0 aromatic rings. The van der Waals surface area contributed by atoms with E-state index in [1.165, 1.54) is 50.0 Å².